The lowest BCUT2D eigenvalue weighted by molar-refractivity contribution is -0.256. The second-order valence-electron chi connectivity index (χ2n) is 12.7. The van der Waals surface area contributed by atoms with E-state index in [2.05, 4.69) is 27.4 Å². The Labute approximate surface area is 183 Å². The van der Waals surface area contributed by atoms with E-state index < -0.39 is 0 Å². The largest absolute Gasteiger partial charge is 0.393 e. The molecule has 2 saturated heterocycles. The van der Waals surface area contributed by atoms with E-state index in [4.69, 9.17) is 9.47 Å². The Morgan fingerprint density at radius 3 is 2.53 bits per heavy atom. The van der Waals surface area contributed by atoms with Gasteiger partial charge in [0.15, 0.2) is 5.79 Å². The number of aliphatic hydroxyl groups is 1. The smallest absolute Gasteiger partial charge is 0.172 e. The number of fused-ring (bicyclic) bond motifs is 7. The van der Waals surface area contributed by atoms with Crippen LogP contribution in [0.1, 0.15) is 85.0 Å². The fourth-order valence-corrected chi connectivity index (χ4v) is 10.1. The van der Waals surface area contributed by atoms with Crippen LogP contribution in [0.4, 0.5) is 0 Å². The van der Waals surface area contributed by atoms with Gasteiger partial charge in [-0.15, -0.1) is 0 Å². The number of aliphatic hydroxyl groups excluding tert-OH is 1. The van der Waals surface area contributed by atoms with Crippen molar-refractivity contribution in [3.8, 4) is 0 Å². The lowest BCUT2D eigenvalue weighted by Gasteiger charge is -2.61. The molecule has 0 aromatic rings. The van der Waals surface area contributed by atoms with Gasteiger partial charge in [-0.3, -0.25) is 0 Å². The Bertz CT molecular complexity index is 722. The highest BCUT2D eigenvalue weighted by Gasteiger charge is 2.69. The summed E-state index contributed by atoms with van der Waals surface area (Å²) in [6, 6.07) is 0. The van der Waals surface area contributed by atoms with E-state index >= 15 is 0 Å². The average molecular weight is 415 g/mol. The lowest BCUT2D eigenvalue weighted by Crippen LogP contribution is -2.55. The predicted octanol–water partition coefficient (Wildman–Crippen LogP) is 5.71. The summed E-state index contributed by atoms with van der Waals surface area (Å²) >= 11 is 0. The third-order valence-electron chi connectivity index (χ3n) is 11.7. The molecular weight excluding hydrogens is 372 g/mol. The van der Waals surface area contributed by atoms with Crippen molar-refractivity contribution in [3.05, 3.63) is 12.2 Å². The molecule has 0 bridgehead atoms. The average Bonchev–Trinajstić information content (AvgIpc) is 3.16. The summed E-state index contributed by atoms with van der Waals surface area (Å²) in [5.74, 6) is 4.07. The molecule has 6 rings (SSSR count). The van der Waals surface area contributed by atoms with Crippen molar-refractivity contribution in [1.82, 2.24) is 0 Å². The van der Waals surface area contributed by atoms with Crippen LogP contribution in [0.25, 0.3) is 0 Å². The topological polar surface area (TPSA) is 38.7 Å². The van der Waals surface area contributed by atoms with Crippen molar-refractivity contribution in [2.75, 3.05) is 6.61 Å². The SMILES string of the molecule is C=C1CC[C@@]2(OC1)O[C@H]1C[C@H]3[C@@H]4CC[C@H]5C[C@H](O)CC[C@]5(C)[C@H]4CC[C@]3(C)[C@H]1[C@@H]2C. The van der Waals surface area contributed by atoms with Crippen LogP contribution in [-0.4, -0.2) is 29.7 Å². The molecule has 0 aromatic heterocycles. The molecule has 0 aromatic carbocycles. The van der Waals surface area contributed by atoms with Gasteiger partial charge in [-0.2, -0.15) is 0 Å². The van der Waals surface area contributed by atoms with Crippen molar-refractivity contribution >= 4 is 0 Å². The molecule has 0 unspecified atom stereocenters. The molecule has 168 valence electrons. The van der Waals surface area contributed by atoms with Crippen molar-refractivity contribution in [1.29, 1.82) is 0 Å². The normalized spacial score (nSPS) is 60.1. The zero-order valence-electron chi connectivity index (χ0n) is 19.4. The van der Waals surface area contributed by atoms with E-state index in [-0.39, 0.29) is 11.9 Å². The summed E-state index contributed by atoms with van der Waals surface area (Å²) < 4.78 is 13.2. The van der Waals surface area contributed by atoms with E-state index in [1.165, 1.54) is 44.1 Å². The monoisotopic (exact) mass is 414 g/mol. The first-order chi connectivity index (χ1) is 14.3. The molecule has 0 radical (unpaired) electrons. The third-order valence-corrected chi connectivity index (χ3v) is 11.7. The van der Waals surface area contributed by atoms with Crippen LogP contribution in [-0.2, 0) is 9.47 Å². The number of ether oxygens (including phenoxy) is 2. The van der Waals surface area contributed by atoms with E-state index in [1.807, 2.05) is 0 Å². The van der Waals surface area contributed by atoms with Gasteiger partial charge in [0.1, 0.15) is 0 Å². The molecule has 2 aliphatic heterocycles. The van der Waals surface area contributed by atoms with Gasteiger partial charge in [0.05, 0.1) is 18.8 Å². The molecule has 4 saturated carbocycles. The van der Waals surface area contributed by atoms with Crippen molar-refractivity contribution in [2.24, 2.45) is 46.3 Å². The highest BCUT2D eigenvalue weighted by atomic mass is 16.7. The van der Waals surface area contributed by atoms with E-state index in [1.54, 1.807) is 0 Å². The highest BCUT2D eigenvalue weighted by molar-refractivity contribution is 5.16. The predicted molar refractivity (Wildman–Crippen MR) is 118 cm³/mol. The third kappa shape index (κ3) is 2.55. The first-order valence-corrected chi connectivity index (χ1v) is 12.9. The van der Waals surface area contributed by atoms with Gasteiger partial charge in [0.25, 0.3) is 0 Å². The minimum Gasteiger partial charge on any atom is -0.393 e. The minimum absolute atomic E-state index is 0.0451. The molecule has 6 aliphatic rings. The summed E-state index contributed by atoms with van der Waals surface area (Å²) in [5.41, 5.74) is 2.09. The first-order valence-electron chi connectivity index (χ1n) is 12.9. The second-order valence-corrected chi connectivity index (χ2v) is 12.7. The van der Waals surface area contributed by atoms with Crippen LogP contribution in [0.5, 0.6) is 0 Å². The number of hydrogen-bond donors (Lipinski definition) is 1. The summed E-state index contributed by atoms with van der Waals surface area (Å²) in [6.45, 7) is 12.5. The summed E-state index contributed by atoms with van der Waals surface area (Å²) in [6.07, 6.45) is 12.4. The first kappa shape index (κ1) is 20.2. The fraction of sp³-hybridized carbons (Fsp3) is 0.926. The Morgan fingerprint density at radius 1 is 0.967 bits per heavy atom. The van der Waals surface area contributed by atoms with Gasteiger partial charge in [-0.05, 0) is 98.2 Å². The van der Waals surface area contributed by atoms with Crippen molar-refractivity contribution < 1.29 is 14.6 Å². The van der Waals surface area contributed by atoms with Gasteiger partial charge < -0.3 is 14.6 Å². The maximum Gasteiger partial charge on any atom is 0.172 e. The summed E-state index contributed by atoms with van der Waals surface area (Å²) in [5, 5.41) is 10.3. The highest BCUT2D eigenvalue weighted by Crippen LogP contribution is 2.71. The molecule has 0 amide bonds. The van der Waals surface area contributed by atoms with Crippen LogP contribution in [0.15, 0.2) is 12.2 Å². The lowest BCUT2D eigenvalue weighted by atomic mass is 9.44. The molecule has 4 aliphatic carbocycles. The standard InChI is InChI=1S/C27H42O3/c1-16-7-12-27(29-15-16)17(2)24-23(30-27)14-22-20-6-5-18-13-19(28)8-10-25(18,3)21(20)9-11-26(22,24)4/h17-24,28H,1,5-15H2,2-4H3/t17-,18-,19+,20+,21-,22-,23-,24-,25-,26-,27+/m0/s1. The number of rotatable bonds is 0. The molecule has 1 spiro atoms. The summed E-state index contributed by atoms with van der Waals surface area (Å²) in [4.78, 5) is 0. The Hall–Kier alpha value is -0.380. The maximum absolute atomic E-state index is 10.3. The fourth-order valence-electron chi connectivity index (χ4n) is 10.1. The second kappa shape index (κ2) is 6.58. The quantitative estimate of drug-likeness (QED) is 0.516. The minimum atomic E-state index is -0.343. The molecule has 11 atom stereocenters. The van der Waals surface area contributed by atoms with Crippen molar-refractivity contribution in [3.63, 3.8) is 0 Å². The molecule has 3 nitrogen and oxygen atoms in total. The van der Waals surface area contributed by atoms with Gasteiger partial charge in [-0.1, -0.05) is 32.9 Å². The zero-order valence-corrected chi connectivity index (χ0v) is 19.4. The number of hydrogen-bond acceptors (Lipinski definition) is 3. The van der Waals surface area contributed by atoms with Crippen LogP contribution in [0, 0.1) is 46.3 Å². The maximum atomic E-state index is 10.3. The molecule has 3 heteroatoms. The van der Waals surface area contributed by atoms with Crippen LogP contribution in [0.3, 0.4) is 0 Å². The van der Waals surface area contributed by atoms with Crippen LogP contribution >= 0.6 is 0 Å². The van der Waals surface area contributed by atoms with Crippen LogP contribution in [0.2, 0.25) is 0 Å². The van der Waals surface area contributed by atoms with Gasteiger partial charge in [0.2, 0.25) is 0 Å². The Balaban J connectivity index is 1.26. The van der Waals surface area contributed by atoms with E-state index in [0.717, 1.165) is 49.4 Å². The van der Waals surface area contributed by atoms with Crippen molar-refractivity contribution in [2.45, 2.75) is 103 Å². The molecule has 30 heavy (non-hydrogen) atoms. The molecular formula is C27H42O3. The van der Waals surface area contributed by atoms with Crippen LogP contribution < -0.4 is 0 Å². The zero-order chi connectivity index (χ0) is 20.9. The molecule has 6 fully saturated rings. The molecule has 2 heterocycles. The van der Waals surface area contributed by atoms with E-state index in [0.29, 0.717) is 35.4 Å². The molecule has 1 N–H and O–H groups in total. The van der Waals surface area contributed by atoms with Gasteiger partial charge in [-0.25, -0.2) is 0 Å². The van der Waals surface area contributed by atoms with E-state index in [9.17, 15) is 5.11 Å². The van der Waals surface area contributed by atoms with Gasteiger partial charge in [0, 0.05) is 12.3 Å². The Kier molecular flexibility index (Phi) is 4.44. The van der Waals surface area contributed by atoms with Gasteiger partial charge >= 0.3 is 0 Å². The Morgan fingerprint density at radius 2 is 1.77 bits per heavy atom. The summed E-state index contributed by atoms with van der Waals surface area (Å²) in [7, 11) is 0.